The monoisotopic (exact) mass is 571 g/mol. The summed E-state index contributed by atoms with van der Waals surface area (Å²) < 4.78 is 95.9. The molecule has 0 aliphatic heterocycles. The van der Waals surface area contributed by atoms with Crippen LogP contribution >= 0.6 is 23.2 Å². The fourth-order valence-corrected chi connectivity index (χ4v) is 4.29. The summed E-state index contributed by atoms with van der Waals surface area (Å²) in [4.78, 5) is 12.7. The van der Waals surface area contributed by atoms with E-state index >= 15 is 0 Å². The van der Waals surface area contributed by atoms with Gasteiger partial charge in [-0.15, -0.1) is 0 Å². The summed E-state index contributed by atoms with van der Waals surface area (Å²) in [5.41, 5.74) is -7.10. The number of nitrogens with one attached hydrogen (secondary N) is 2. The standard InChI is InChI=1S/C22H18Cl2F7N5O/c1-32-19(5-6-19)34-18(37)13-7-11(3-4-15(13)23)12-9-33-36(10-12)16-8-14(17(24)35(16)2)20(25,21(26,27)28)22(29,30)31/h3-4,7-10,32H,5-6H2,1-2H3,(H,34,37). The highest BCUT2D eigenvalue weighted by Gasteiger charge is 2.74. The topological polar surface area (TPSA) is 63.9 Å². The van der Waals surface area contributed by atoms with E-state index in [4.69, 9.17) is 23.2 Å². The van der Waals surface area contributed by atoms with Gasteiger partial charge in [0.05, 0.1) is 22.4 Å². The highest BCUT2D eigenvalue weighted by Crippen LogP contribution is 2.55. The first-order valence-corrected chi connectivity index (χ1v) is 11.3. The van der Waals surface area contributed by atoms with Gasteiger partial charge < -0.3 is 9.88 Å². The molecular weight excluding hydrogens is 554 g/mol. The molecule has 0 radical (unpaired) electrons. The number of nitrogens with zero attached hydrogens (tertiary/aromatic N) is 3. The first kappa shape index (κ1) is 27.3. The van der Waals surface area contributed by atoms with Gasteiger partial charge in [-0.25, -0.2) is 9.07 Å². The quantitative estimate of drug-likeness (QED) is 0.285. The largest absolute Gasteiger partial charge is 0.436 e. The Morgan fingerprint density at radius 2 is 1.65 bits per heavy atom. The van der Waals surface area contributed by atoms with Crippen LogP contribution in [-0.2, 0) is 12.7 Å². The van der Waals surface area contributed by atoms with E-state index in [1.165, 1.54) is 24.5 Å². The Bertz CT molecular complexity index is 1340. The predicted molar refractivity (Wildman–Crippen MR) is 121 cm³/mol. The molecule has 0 spiro atoms. The van der Waals surface area contributed by atoms with E-state index in [9.17, 15) is 35.5 Å². The van der Waals surface area contributed by atoms with Crippen LogP contribution in [0, 0.1) is 0 Å². The minimum Gasteiger partial charge on any atom is -0.334 e. The van der Waals surface area contributed by atoms with E-state index in [0.29, 0.717) is 17.2 Å². The SMILES string of the molecule is CNC1(NC(=O)c2cc(-c3cnn(-c4cc(C(F)(C(F)(F)F)C(F)(F)F)c(Cl)n4C)c3)ccc2Cl)CC1. The maximum atomic E-state index is 14.7. The molecule has 1 amide bonds. The van der Waals surface area contributed by atoms with E-state index in [1.54, 1.807) is 13.1 Å². The smallest absolute Gasteiger partial charge is 0.334 e. The summed E-state index contributed by atoms with van der Waals surface area (Å²) in [5.74, 6) is -0.804. The maximum absolute atomic E-state index is 14.7. The van der Waals surface area contributed by atoms with Crippen molar-refractivity contribution >= 4 is 29.1 Å². The third kappa shape index (κ3) is 4.57. The molecule has 1 aliphatic rings. The van der Waals surface area contributed by atoms with Crippen LogP contribution in [0.5, 0.6) is 0 Å². The van der Waals surface area contributed by atoms with Gasteiger partial charge in [-0.3, -0.25) is 10.1 Å². The Hall–Kier alpha value is -2.77. The fourth-order valence-electron chi connectivity index (χ4n) is 3.82. The molecular formula is C22H18Cl2F7N5O. The zero-order chi connectivity index (χ0) is 27.6. The second kappa shape index (κ2) is 8.91. The van der Waals surface area contributed by atoms with Crippen molar-refractivity contribution in [2.75, 3.05) is 7.05 Å². The van der Waals surface area contributed by atoms with Gasteiger partial charge in [0.15, 0.2) is 0 Å². The zero-order valence-corrected chi connectivity index (χ0v) is 20.5. The maximum Gasteiger partial charge on any atom is 0.436 e. The number of amides is 1. The summed E-state index contributed by atoms with van der Waals surface area (Å²) in [6.45, 7) is 0. The Morgan fingerprint density at radius 1 is 1.03 bits per heavy atom. The fraction of sp³-hybridized carbons (Fsp3) is 0.364. The van der Waals surface area contributed by atoms with Crippen molar-refractivity contribution < 1.29 is 35.5 Å². The van der Waals surface area contributed by atoms with Crippen molar-refractivity contribution in [1.82, 2.24) is 25.0 Å². The number of aromatic nitrogens is 3. The normalized spacial score (nSPS) is 15.6. The minimum atomic E-state index is -6.32. The highest BCUT2D eigenvalue weighted by molar-refractivity contribution is 6.34. The molecule has 2 heterocycles. The van der Waals surface area contributed by atoms with Crippen LogP contribution in [-0.4, -0.2) is 45.3 Å². The van der Waals surface area contributed by atoms with Gasteiger partial charge in [0, 0.05) is 24.4 Å². The summed E-state index contributed by atoms with van der Waals surface area (Å²) >= 11 is 11.9. The number of benzene rings is 1. The molecule has 1 fully saturated rings. The zero-order valence-electron chi connectivity index (χ0n) is 19.0. The molecule has 200 valence electrons. The molecule has 0 atom stereocenters. The van der Waals surface area contributed by atoms with Crippen molar-refractivity contribution in [2.24, 2.45) is 7.05 Å². The molecule has 15 heteroatoms. The van der Waals surface area contributed by atoms with Crippen LogP contribution in [0.1, 0.15) is 28.8 Å². The molecule has 6 nitrogen and oxygen atoms in total. The Labute approximate surface area is 215 Å². The van der Waals surface area contributed by atoms with E-state index in [2.05, 4.69) is 15.7 Å². The molecule has 37 heavy (non-hydrogen) atoms. The molecule has 1 saturated carbocycles. The van der Waals surface area contributed by atoms with E-state index in [0.717, 1.165) is 29.1 Å². The lowest BCUT2D eigenvalue weighted by molar-refractivity contribution is -0.348. The van der Waals surface area contributed by atoms with Crippen LogP contribution in [0.3, 0.4) is 0 Å². The van der Waals surface area contributed by atoms with Crippen molar-refractivity contribution in [3.8, 4) is 16.9 Å². The molecule has 4 rings (SSSR count). The van der Waals surface area contributed by atoms with Gasteiger partial charge in [-0.2, -0.15) is 31.4 Å². The van der Waals surface area contributed by atoms with Gasteiger partial charge >= 0.3 is 18.0 Å². The van der Waals surface area contributed by atoms with E-state index < -0.39 is 40.3 Å². The van der Waals surface area contributed by atoms with Crippen molar-refractivity contribution in [1.29, 1.82) is 0 Å². The second-order valence-corrected chi connectivity index (χ2v) is 9.34. The molecule has 0 bridgehead atoms. The number of carbonyl (C=O) groups excluding carboxylic acids is 1. The van der Waals surface area contributed by atoms with Gasteiger partial charge in [-0.05, 0) is 43.7 Å². The van der Waals surface area contributed by atoms with Crippen molar-refractivity contribution in [3.05, 3.63) is 58.0 Å². The highest BCUT2D eigenvalue weighted by atomic mass is 35.5. The second-order valence-electron chi connectivity index (χ2n) is 8.57. The Morgan fingerprint density at radius 3 is 2.19 bits per heavy atom. The van der Waals surface area contributed by atoms with Gasteiger partial charge in [-0.1, -0.05) is 29.3 Å². The van der Waals surface area contributed by atoms with Crippen LogP contribution in [0.2, 0.25) is 10.2 Å². The van der Waals surface area contributed by atoms with E-state index in [1.807, 2.05) is 0 Å². The Kier molecular flexibility index (Phi) is 6.57. The molecule has 1 aliphatic carbocycles. The van der Waals surface area contributed by atoms with Crippen LogP contribution in [0.4, 0.5) is 30.7 Å². The summed E-state index contributed by atoms with van der Waals surface area (Å²) in [7, 11) is 2.77. The van der Waals surface area contributed by atoms with Gasteiger partial charge in [0.25, 0.3) is 5.91 Å². The average molecular weight is 572 g/mol. The van der Waals surface area contributed by atoms with Crippen molar-refractivity contribution in [3.63, 3.8) is 0 Å². The van der Waals surface area contributed by atoms with Crippen LogP contribution < -0.4 is 10.6 Å². The molecule has 0 saturated heterocycles. The van der Waals surface area contributed by atoms with E-state index in [-0.39, 0.29) is 16.4 Å². The molecule has 2 N–H and O–H groups in total. The number of rotatable bonds is 6. The predicted octanol–water partition coefficient (Wildman–Crippen LogP) is 5.91. The van der Waals surface area contributed by atoms with Crippen molar-refractivity contribution in [2.45, 2.75) is 36.5 Å². The summed E-state index contributed by atoms with van der Waals surface area (Å²) in [5, 5.41) is 8.89. The van der Waals surface area contributed by atoms with Gasteiger partial charge in [0.1, 0.15) is 11.0 Å². The number of halogens is 9. The van der Waals surface area contributed by atoms with Gasteiger partial charge in [0.2, 0.25) is 0 Å². The lowest BCUT2D eigenvalue weighted by atomic mass is 9.97. The third-order valence-electron chi connectivity index (χ3n) is 6.23. The number of hydrogen-bond acceptors (Lipinski definition) is 3. The first-order chi connectivity index (χ1) is 17.0. The Balaban J connectivity index is 1.71. The molecule has 1 aromatic carbocycles. The lowest BCUT2D eigenvalue weighted by Crippen LogP contribution is -2.50. The molecule has 0 unspecified atom stereocenters. The minimum absolute atomic E-state index is 0.148. The number of carbonyl (C=O) groups is 1. The molecule has 3 aromatic rings. The first-order valence-electron chi connectivity index (χ1n) is 10.6. The van der Waals surface area contributed by atoms with Crippen LogP contribution in [0.15, 0.2) is 36.7 Å². The molecule has 2 aromatic heterocycles. The lowest BCUT2D eigenvalue weighted by Gasteiger charge is -2.29. The average Bonchev–Trinajstić information content (AvgIpc) is 3.29. The number of hydrogen-bond donors (Lipinski definition) is 2. The summed E-state index contributed by atoms with van der Waals surface area (Å²) in [6.07, 6.45) is -8.63. The summed E-state index contributed by atoms with van der Waals surface area (Å²) in [6, 6.07) is 4.82. The van der Waals surface area contributed by atoms with Crippen LogP contribution in [0.25, 0.3) is 16.9 Å². The third-order valence-corrected chi connectivity index (χ3v) is 7.02. The number of alkyl halides is 7.